The minimum atomic E-state index is -1.19. The summed E-state index contributed by atoms with van der Waals surface area (Å²) in [5.41, 5.74) is 2.16. The molecular formula is C25H22N2O5S2. The summed E-state index contributed by atoms with van der Waals surface area (Å²) >= 11 is 2.42. The van der Waals surface area contributed by atoms with Crippen molar-refractivity contribution in [2.75, 3.05) is 7.11 Å². The lowest BCUT2D eigenvalue weighted by Gasteiger charge is -2.13. The van der Waals surface area contributed by atoms with Gasteiger partial charge in [-0.05, 0) is 67.9 Å². The second-order valence-electron chi connectivity index (χ2n) is 7.75. The molecule has 0 unspecified atom stereocenters. The number of thiophene rings is 1. The normalized spacial score (nSPS) is 12.0. The number of benzene rings is 2. The Morgan fingerprint density at radius 2 is 1.68 bits per heavy atom. The van der Waals surface area contributed by atoms with Gasteiger partial charge in [-0.3, -0.25) is 4.79 Å². The van der Waals surface area contributed by atoms with E-state index in [9.17, 15) is 14.7 Å². The molecule has 0 amide bonds. The molecule has 0 saturated carbocycles. The third-order valence-corrected chi connectivity index (χ3v) is 6.61. The number of hydrogen-bond donors (Lipinski definition) is 1. The van der Waals surface area contributed by atoms with Crippen molar-refractivity contribution in [3.8, 4) is 10.8 Å². The number of carboxylic acid groups (broad SMARTS) is 1. The standard InChI is InChI=1S/C25H22N2O5S2/c1-14(2)32-17-7-4-15(5-8-17)24(28)19(13-18-9-11-22(31-3)33-18)23(25(29)30)16-6-10-20-21(12-16)27-34-26-20/h4-12,14H,13H2,1-3H3,(H,29,30). The number of aromatic nitrogens is 2. The largest absolute Gasteiger partial charge is 0.491 e. The fourth-order valence-electron chi connectivity index (χ4n) is 3.52. The Hall–Kier alpha value is -3.56. The Labute approximate surface area is 204 Å². The van der Waals surface area contributed by atoms with Crippen LogP contribution in [0, 0.1) is 0 Å². The van der Waals surface area contributed by atoms with Gasteiger partial charge in [0.15, 0.2) is 10.8 Å². The number of methoxy groups -OCH3 is 1. The van der Waals surface area contributed by atoms with Crippen LogP contribution in [0.5, 0.6) is 10.8 Å². The van der Waals surface area contributed by atoms with E-state index in [2.05, 4.69) is 8.75 Å². The molecular weight excluding hydrogens is 472 g/mol. The highest BCUT2D eigenvalue weighted by atomic mass is 32.1. The molecule has 0 aliphatic heterocycles. The highest BCUT2D eigenvalue weighted by Gasteiger charge is 2.25. The van der Waals surface area contributed by atoms with Gasteiger partial charge in [0.25, 0.3) is 0 Å². The maximum Gasteiger partial charge on any atom is 0.336 e. The van der Waals surface area contributed by atoms with Crippen LogP contribution in [0.3, 0.4) is 0 Å². The molecule has 1 N–H and O–H groups in total. The molecule has 0 fully saturated rings. The van der Waals surface area contributed by atoms with Crippen molar-refractivity contribution in [1.82, 2.24) is 8.75 Å². The molecule has 0 aliphatic carbocycles. The van der Waals surface area contributed by atoms with Gasteiger partial charge in [0.2, 0.25) is 0 Å². The molecule has 34 heavy (non-hydrogen) atoms. The van der Waals surface area contributed by atoms with Crippen molar-refractivity contribution < 1.29 is 24.2 Å². The summed E-state index contributed by atoms with van der Waals surface area (Å²) < 4.78 is 19.3. The van der Waals surface area contributed by atoms with Gasteiger partial charge in [0, 0.05) is 22.4 Å². The maximum absolute atomic E-state index is 13.7. The monoisotopic (exact) mass is 494 g/mol. The molecule has 9 heteroatoms. The highest BCUT2D eigenvalue weighted by molar-refractivity contribution is 7.13. The van der Waals surface area contributed by atoms with Crippen LogP contribution >= 0.6 is 23.1 Å². The van der Waals surface area contributed by atoms with Crippen molar-refractivity contribution in [2.24, 2.45) is 0 Å². The number of Topliss-reactive ketones (excluding diaryl/α,β-unsaturated/α-hetero) is 1. The van der Waals surface area contributed by atoms with E-state index < -0.39 is 5.97 Å². The zero-order valence-corrected chi connectivity index (χ0v) is 20.4. The fourth-order valence-corrected chi connectivity index (χ4v) is 4.86. The molecule has 2 heterocycles. The SMILES string of the molecule is COc1ccc(CC(C(=O)c2ccc(OC(C)C)cc2)=C(C(=O)O)c2ccc3nsnc3c2)s1. The van der Waals surface area contributed by atoms with E-state index >= 15 is 0 Å². The summed E-state index contributed by atoms with van der Waals surface area (Å²) in [6.07, 6.45) is 0.145. The van der Waals surface area contributed by atoms with Gasteiger partial charge in [-0.1, -0.05) is 6.07 Å². The number of carbonyl (C=O) groups is 2. The van der Waals surface area contributed by atoms with Crippen LogP contribution in [0.2, 0.25) is 0 Å². The minimum absolute atomic E-state index is 0.000415. The molecule has 7 nitrogen and oxygen atoms in total. The van der Waals surface area contributed by atoms with Crippen molar-refractivity contribution in [2.45, 2.75) is 26.4 Å². The Morgan fingerprint density at radius 3 is 2.32 bits per heavy atom. The molecule has 0 bridgehead atoms. The molecule has 0 spiro atoms. The second-order valence-corrected chi connectivity index (χ2v) is 9.41. The number of hydrogen-bond acceptors (Lipinski definition) is 8. The Kier molecular flexibility index (Phi) is 7.04. The predicted octanol–water partition coefficient (Wildman–Crippen LogP) is 5.51. The third-order valence-electron chi connectivity index (χ3n) is 5.01. The van der Waals surface area contributed by atoms with Crippen LogP contribution in [0.25, 0.3) is 16.6 Å². The zero-order valence-electron chi connectivity index (χ0n) is 18.8. The molecule has 174 valence electrons. The fraction of sp³-hybridized carbons (Fsp3) is 0.200. The lowest BCUT2D eigenvalue weighted by Crippen LogP contribution is -2.14. The van der Waals surface area contributed by atoms with Crippen LogP contribution in [-0.4, -0.2) is 38.8 Å². The van der Waals surface area contributed by atoms with Crippen molar-refractivity contribution in [3.05, 3.63) is 76.2 Å². The van der Waals surface area contributed by atoms with Crippen molar-refractivity contribution in [1.29, 1.82) is 0 Å². The second kappa shape index (κ2) is 10.1. The highest BCUT2D eigenvalue weighted by Crippen LogP contribution is 2.32. The van der Waals surface area contributed by atoms with Gasteiger partial charge in [0.1, 0.15) is 16.8 Å². The van der Waals surface area contributed by atoms with Gasteiger partial charge >= 0.3 is 5.97 Å². The van der Waals surface area contributed by atoms with E-state index in [0.29, 0.717) is 33.0 Å². The maximum atomic E-state index is 13.7. The lowest BCUT2D eigenvalue weighted by molar-refractivity contribution is -0.130. The number of ether oxygens (including phenoxy) is 2. The molecule has 2 aromatic heterocycles. The van der Waals surface area contributed by atoms with Gasteiger partial charge in [-0.2, -0.15) is 8.75 Å². The Morgan fingerprint density at radius 1 is 0.971 bits per heavy atom. The number of fused-ring (bicyclic) bond motifs is 1. The van der Waals surface area contributed by atoms with Crippen molar-refractivity contribution >= 4 is 51.4 Å². The summed E-state index contributed by atoms with van der Waals surface area (Å²) in [6.45, 7) is 3.84. The summed E-state index contributed by atoms with van der Waals surface area (Å²) in [5.74, 6) is -0.911. The number of carbonyl (C=O) groups excluding carboxylic acids is 1. The van der Waals surface area contributed by atoms with Crippen LogP contribution in [0.4, 0.5) is 0 Å². The van der Waals surface area contributed by atoms with Crippen LogP contribution in [-0.2, 0) is 11.2 Å². The molecule has 4 aromatic rings. The van der Waals surface area contributed by atoms with Crippen molar-refractivity contribution in [3.63, 3.8) is 0 Å². The third kappa shape index (κ3) is 5.16. The smallest absolute Gasteiger partial charge is 0.336 e. The Balaban J connectivity index is 1.83. The number of carboxylic acids is 1. The number of aliphatic carboxylic acids is 1. The van der Waals surface area contributed by atoms with Gasteiger partial charge in [-0.15, -0.1) is 11.3 Å². The van der Waals surface area contributed by atoms with Gasteiger partial charge in [-0.25, -0.2) is 4.79 Å². The lowest BCUT2D eigenvalue weighted by atomic mass is 9.91. The van der Waals surface area contributed by atoms with E-state index in [1.54, 1.807) is 55.6 Å². The predicted molar refractivity (Wildman–Crippen MR) is 133 cm³/mol. The van der Waals surface area contributed by atoms with Crippen LogP contribution in [0.15, 0.2) is 60.2 Å². The first-order valence-electron chi connectivity index (χ1n) is 10.5. The molecule has 0 saturated heterocycles. The molecule has 0 atom stereocenters. The van der Waals surface area contributed by atoms with Crippen LogP contribution < -0.4 is 9.47 Å². The van der Waals surface area contributed by atoms with E-state index in [0.717, 1.165) is 16.6 Å². The molecule has 0 aliphatic rings. The first-order chi connectivity index (χ1) is 16.4. The van der Waals surface area contributed by atoms with Gasteiger partial charge in [0.05, 0.1) is 30.5 Å². The quantitative estimate of drug-likeness (QED) is 0.242. The summed E-state index contributed by atoms with van der Waals surface area (Å²) in [5, 5.41) is 10.9. The topological polar surface area (TPSA) is 98.6 Å². The number of allylic oxidation sites excluding steroid dienone is 1. The first-order valence-corrected chi connectivity index (χ1v) is 12.0. The Bertz CT molecular complexity index is 1370. The number of nitrogens with zero attached hydrogens (tertiary/aromatic N) is 2. The van der Waals surface area contributed by atoms with Crippen LogP contribution in [0.1, 0.15) is 34.6 Å². The minimum Gasteiger partial charge on any atom is -0.491 e. The van der Waals surface area contributed by atoms with E-state index in [-0.39, 0.29) is 29.5 Å². The average Bonchev–Trinajstić information content (AvgIpc) is 3.47. The summed E-state index contributed by atoms with van der Waals surface area (Å²) in [4.78, 5) is 27.0. The first kappa shape index (κ1) is 23.6. The van der Waals surface area contributed by atoms with E-state index in [1.807, 2.05) is 19.9 Å². The molecule has 2 aromatic carbocycles. The number of ketones is 1. The van der Waals surface area contributed by atoms with Gasteiger partial charge < -0.3 is 14.6 Å². The number of rotatable bonds is 9. The molecule has 4 rings (SSSR count). The van der Waals surface area contributed by atoms with E-state index in [1.165, 1.54) is 11.3 Å². The molecule has 0 radical (unpaired) electrons. The summed E-state index contributed by atoms with van der Waals surface area (Å²) in [6, 6.07) is 15.4. The zero-order chi connectivity index (χ0) is 24.2. The average molecular weight is 495 g/mol. The summed E-state index contributed by atoms with van der Waals surface area (Å²) in [7, 11) is 1.57. The van der Waals surface area contributed by atoms with E-state index in [4.69, 9.17) is 9.47 Å².